The summed E-state index contributed by atoms with van der Waals surface area (Å²) < 4.78 is 11.9. The molecule has 0 saturated heterocycles. The fraction of sp³-hybridized carbons (Fsp3) is 0.333. The van der Waals surface area contributed by atoms with E-state index >= 15 is 0 Å². The van der Waals surface area contributed by atoms with E-state index in [1.54, 1.807) is 19.2 Å². The van der Waals surface area contributed by atoms with Gasteiger partial charge in [0.2, 0.25) is 0 Å². The molecule has 0 amide bonds. The Hall–Kier alpha value is -2.76. The quantitative estimate of drug-likeness (QED) is 0.766. The van der Waals surface area contributed by atoms with Gasteiger partial charge in [-0.1, -0.05) is 0 Å². The Morgan fingerprint density at radius 3 is 2.71 bits per heavy atom. The Morgan fingerprint density at radius 1 is 1.25 bits per heavy atom. The average Bonchev–Trinajstić information content (AvgIpc) is 3.19. The molecular weight excluding hydrogens is 310 g/mol. The molecule has 1 saturated carbocycles. The van der Waals surface area contributed by atoms with Gasteiger partial charge in [-0.05, 0) is 44.7 Å². The summed E-state index contributed by atoms with van der Waals surface area (Å²) in [5.41, 5.74) is 1.15. The first-order chi connectivity index (χ1) is 11.6. The van der Waals surface area contributed by atoms with Crippen LogP contribution < -0.4 is 10.3 Å². The largest absolute Gasteiger partial charge is 0.486 e. The van der Waals surface area contributed by atoms with Crippen LogP contribution in [0.2, 0.25) is 0 Å². The zero-order chi connectivity index (χ0) is 16.8. The van der Waals surface area contributed by atoms with E-state index in [0.717, 1.165) is 31.2 Å². The molecule has 1 aromatic carbocycles. The number of aromatic amines is 1. The molecule has 6 heteroatoms. The van der Waals surface area contributed by atoms with E-state index < -0.39 is 5.97 Å². The van der Waals surface area contributed by atoms with Crippen molar-refractivity contribution in [1.82, 2.24) is 4.98 Å². The van der Waals surface area contributed by atoms with Gasteiger partial charge < -0.3 is 19.2 Å². The van der Waals surface area contributed by atoms with E-state index in [2.05, 4.69) is 4.98 Å². The van der Waals surface area contributed by atoms with Gasteiger partial charge in [0.25, 0.3) is 5.56 Å². The van der Waals surface area contributed by atoms with Gasteiger partial charge in [0, 0.05) is 11.8 Å². The van der Waals surface area contributed by atoms with Gasteiger partial charge >= 0.3 is 5.97 Å². The molecule has 0 bridgehead atoms. The minimum atomic E-state index is -1.10. The number of carboxylic acid groups (broad SMARTS) is 1. The minimum Gasteiger partial charge on any atom is -0.486 e. The molecular formula is C18H17NO5. The Labute approximate surface area is 137 Å². The van der Waals surface area contributed by atoms with Crippen molar-refractivity contribution in [3.8, 4) is 5.75 Å². The molecule has 0 aliphatic heterocycles. The second-order valence-electron chi connectivity index (χ2n) is 6.25. The van der Waals surface area contributed by atoms with E-state index in [0.29, 0.717) is 22.3 Å². The number of furan rings is 1. The number of H-pyrrole nitrogens is 1. The molecule has 3 aromatic rings. The molecule has 1 fully saturated rings. The molecule has 0 spiro atoms. The lowest BCUT2D eigenvalue weighted by molar-refractivity contribution is 0.0699. The van der Waals surface area contributed by atoms with Crippen LogP contribution in [-0.2, 0) is 0 Å². The fourth-order valence-electron chi connectivity index (χ4n) is 3.44. The van der Waals surface area contributed by atoms with Crippen LogP contribution in [0.3, 0.4) is 0 Å². The number of aromatic nitrogens is 1. The first-order valence-corrected chi connectivity index (χ1v) is 8.03. The summed E-state index contributed by atoms with van der Waals surface area (Å²) in [6, 6.07) is 3.10. The monoisotopic (exact) mass is 327 g/mol. The maximum Gasteiger partial charge on any atom is 0.336 e. The predicted molar refractivity (Wildman–Crippen MR) is 88.9 cm³/mol. The summed E-state index contributed by atoms with van der Waals surface area (Å²) in [4.78, 5) is 26.5. The Kier molecular flexibility index (Phi) is 3.33. The van der Waals surface area contributed by atoms with E-state index in [4.69, 9.17) is 9.15 Å². The van der Waals surface area contributed by atoms with Gasteiger partial charge in [-0.2, -0.15) is 0 Å². The summed E-state index contributed by atoms with van der Waals surface area (Å²) in [5.74, 6) is -0.604. The summed E-state index contributed by atoms with van der Waals surface area (Å²) in [5, 5.41) is 10.1. The number of rotatable bonds is 3. The van der Waals surface area contributed by atoms with Gasteiger partial charge in [-0.15, -0.1) is 0 Å². The Bertz CT molecular complexity index is 1010. The van der Waals surface area contributed by atoms with Crippen LogP contribution in [0.1, 0.15) is 41.6 Å². The molecule has 6 nitrogen and oxygen atoms in total. The van der Waals surface area contributed by atoms with Gasteiger partial charge in [0.15, 0.2) is 11.3 Å². The number of pyridine rings is 1. The first-order valence-electron chi connectivity index (χ1n) is 8.03. The number of nitrogens with one attached hydrogen (secondary N) is 1. The predicted octanol–water partition coefficient (Wildman–Crippen LogP) is 3.60. The number of ether oxygens (including phenoxy) is 1. The minimum absolute atomic E-state index is 0.0404. The van der Waals surface area contributed by atoms with Crippen molar-refractivity contribution in [3.05, 3.63) is 39.8 Å². The smallest absolute Gasteiger partial charge is 0.336 e. The molecule has 4 rings (SSSR count). The van der Waals surface area contributed by atoms with Crippen molar-refractivity contribution in [2.75, 3.05) is 0 Å². The van der Waals surface area contributed by atoms with E-state index in [-0.39, 0.29) is 22.6 Å². The molecule has 2 heterocycles. The van der Waals surface area contributed by atoms with E-state index in [9.17, 15) is 14.7 Å². The highest BCUT2D eigenvalue weighted by atomic mass is 16.5. The van der Waals surface area contributed by atoms with Crippen LogP contribution in [0.15, 0.2) is 27.5 Å². The zero-order valence-corrected chi connectivity index (χ0v) is 13.2. The summed E-state index contributed by atoms with van der Waals surface area (Å²) in [6.45, 7) is 1.80. The standard InChI is InChI=1S/C18H17NO5/c1-9-8-19-17(20)14-13-11(18(21)22)6-7-12(16(13)24-15(9)14)23-10-4-2-3-5-10/h6-8,10H,2-5H2,1H3,(H,19,20)(H,21,22). The number of carbonyl (C=O) groups is 1. The SMILES string of the molecule is Cc1c[nH]c(=O)c2c1oc1c(OC3CCCC3)ccc(C(=O)O)c12. The van der Waals surface area contributed by atoms with E-state index in [1.165, 1.54) is 6.07 Å². The molecule has 0 radical (unpaired) electrons. The number of hydrogen-bond acceptors (Lipinski definition) is 4. The molecule has 0 atom stereocenters. The third-order valence-corrected chi connectivity index (χ3v) is 4.63. The maximum absolute atomic E-state index is 12.3. The lowest BCUT2D eigenvalue weighted by Gasteiger charge is -2.13. The number of aryl methyl sites for hydroxylation is 1. The molecule has 0 unspecified atom stereocenters. The van der Waals surface area contributed by atoms with Crippen LogP contribution in [0.25, 0.3) is 21.9 Å². The van der Waals surface area contributed by atoms with Gasteiger partial charge in [-0.3, -0.25) is 4.79 Å². The second-order valence-corrected chi connectivity index (χ2v) is 6.25. The zero-order valence-electron chi connectivity index (χ0n) is 13.2. The highest BCUT2D eigenvalue weighted by Crippen LogP contribution is 2.38. The van der Waals surface area contributed by atoms with E-state index in [1.807, 2.05) is 0 Å². The average molecular weight is 327 g/mol. The molecule has 1 aliphatic carbocycles. The topological polar surface area (TPSA) is 92.5 Å². The number of hydrogen-bond donors (Lipinski definition) is 2. The third kappa shape index (κ3) is 2.18. The molecule has 124 valence electrons. The van der Waals surface area contributed by atoms with Gasteiger partial charge in [-0.25, -0.2) is 4.79 Å². The van der Waals surface area contributed by atoms with Crippen LogP contribution in [0.5, 0.6) is 5.75 Å². The van der Waals surface area contributed by atoms with Crippen molar-refractivity contribution in [2.24, 2.45) is 0 Å². The highest BCUT2D eigenvalue weighted by molar-refractivity contribution is 6.16. The Morgan fingerprint density at radius 2 is 2.00 bits per heavy atom. The molecule has 24 heavy (non-hydrogen) atoms. The lowest BCUT2D eigenvalue weighted by Crippen LogP contribution is -2.11. The normalized spacial score (nSPS) is 15.4. The summed E-state index contributed by atoms with van der Waals surface area (Å²) in [7, 11) is 0. The van der Waals surface area contributed by atoms with Crippen LogP contribution >= 0.6 is 0 Å². The molecule has 2 aromatic heterocycles. The molecule has 2 N–H and O–H groups in total. The van der Waals surface area contributed by atoms with Crippen molar-refractivity contribution >= 4 is 27.9 Å². The highest BCUT2D eigenvalue weighted by Gasteiger charge is 2.24. The lowest BCUT2D eigenvalue weighted by atomic mass is 10.1. The number of carboxylic acids is 1. The third-order valence-electron chi connectivity index (χ3n) is 4.63. The van der Waals surface area contributed by atoms with Crippen molar-refractivity contribution in [2.45, 2.75) is 38.7 Å². The second kappa shape index (κ2) is 5.40. The number of benzene rings is 1. The van der Waals surface area contributed by atoms with Crippen LogP contribution in [0.4, 0.5) is 0 Å². The summed E-state index contributed by atoms with van der Waals surface area (Å²) in [6.07, 6.45) is 5.87. The van der Waals surface area contributed by atoms with Crippen LogP contribution in [-0.4, -0.2) is 22.2 Å². The maximum atomic E-state index is 12.3. The number of aromatic carboxylic acids is 1. The van der Waals surface area contributed by atoms with Crippen LogP contribution in [0, 0.1) is 6.92 Å². The fourth-order valence-corrected chi connectivity index (χ4v) is 3.44. The Balaban J connectivity index is 2.04. The van der Waals surface area contributed by atoms with Gasteiger partial charge in [0.05, 0.1) is 22.4 Å². The van der Waals surface area contributed by atoms with Crippen molar-refractivity contribution < 1.29 is 19.1 Å². The van der Waals surface area contributed by atoms with Crippen molar-refractivity contribution in [3.63, 3.8) is 0 Å². The number of fused-ring (bicyclic) bond motifs is 3. The van der Waals surface area contributed by atoms with Crippen molar-refractivity contribution in [1.29, 1.82) is 0 Å². The molecule has 1 aliphatic rings. The van der Waals surface area contributed by atoms with Gasteiger partial charge in [0.1, 0.15) is 5.58 Å². The first kappa shape index (κ1) is 14.8. The summed E-state index contributed by atoms with van der Waals surface area (Å²) >= 11 is 0.